The van der Waals surface area contributed by atoms with E-state index in [-0.39, 0.29) is 28.2 Å². The summed E-state index contributed by atoms with van der Waals surface area (Å²) < 4.78 is 38.6. The number of nitrogens with two attached hydrogens (primary N) is 1. The standard InChI is InChI=1S/C19H10F3N5O/c20-19(21,22)12-5-6-26-15(7-12)10-1-3-11(4-2-10)16-13(8-23)17(25)27-18(28)14(16)9-24/h1-7H,(H3,25,27,28). The largest absolute Gasteiger partial charge is 0.416 e. The molecule has 1 aromatic carbocycles. The minimum absolute atomic E-state index is 0.0646. The quantitative estimate of drug-likeness (QED) is 0.705. The summed E-state index contributed by atoms with van der Waals surface area (Å²) in [6, 6.07) is 11.3. The zero-order valence-corrected chi connectivity index (χ0v) is 14.0. The Morgan fingerprint density at radius 2 is 1.61 bits per heavy atom. The van der Waals surface area contributed by atoms with Gasteiger partial charge in [-0.05, 0) is 17.7 Å². The number of hydrogen-bond acceptors (Lipinski definition) is 5. The van der Waals surface area contributed by atoms with E-state index in [9.17, 15) is 28.5 Å². The molecule has 0 aliphatic carbocycles. The van der Waals surface area contributed by atoms with Gasteiger partial charge in [-0.15, -0.1) is 0 Å². The molecule has 3 N–H and O–H groups in total. The lowest BCUT2D eigenvalue weighted by Gasteiger charge is -2.10. The summed E-state index contributed by atoms with van der Waals surface area (Å²) in [5, 5.41) is 18.6. The van der Waals surface area contributed by atoms with E-state index in [2.05, 4.69) is 9.97 Å². The molecule has 0 unspecified atom stereocenters. The van der Waals surface area contributed by atoms with E-state index < -0.39 is 17.3 Å². The number of hydrogen-bond donors (Lipinski definition) is 2. The SMILES string of the molecule is N#Cc1c(N)[nH]c(=O)c(C#N)c1-c1ccc(-c2cc(C(F)(F)F)ccn2)cc1. The lowest BCUT2D eigenvalue weighted by molar-refractivity contribution is -0.137. The van der Waals surface area contributed by atoms with E-state index in [0.29, 0.717) is 11.1 Å². The smallest absolute Gasteiger partial charge is 0.384 e. The summed E-state index contributed by atoms with van der Waals surface area (Å²) in [5.74, 6) is -0.176. The van der Waals surface area contributed by atoms with Crippen molar-refractivity contribution >= 4 is 5.82 Å². The predicted molar refractivity (Wildman–Crippen MR) is 94.6 cm³/mol. The van der Waals surface area contributed by atoms with Crippen LogP contribution in [0.25, 0.3) is 22.4 Å². The molecule has 0 aliphatic rings. The van der Waals surface area contributed by atoms with Gasteiger partial charge < -0.3 is 10.7 Å². The van der Waals surface area contributed by atoms with Crippen LogP contribution in [0.1, 0.15) is 16.7 Å². The highest BCUT2D eigenvalue weighted by atomic mass is 19.4. The van der Waals surface area contributed by atoms with Crippen LogP contribution in [-0.2, 0) is 6.18 Å². The van der Waals surface area contributed by atoms with Crippen LogP contribution in [0.4, 0.5) is 19.0 Å². The molecule has 6 nitrogen and oxygen atoms in total. The van der Waals surface area contributed by atoms with Crippen molar-refractivity contribution in [3.05, 3.63) is 69.6 Å². The molecule has 0 amide bonds. The fraction of sp³-hybridized carbons (Fsp3) is 0.0526. The van der Waals surface area contributed by atoms with Gasteiger partial charge >= 0.3 is 6.18 Å². The molecule has 138 valence electrons. The average molecular weight is 381 g/mol. The van der Waals surface area contributed by atoms with Gasteiger partial charge in [0.2, 0.25) is 0 Å². The topological polar surface area (TPSA) is 119 Å². The van der Waals surface area contributed by atoms with Gasteiger partial charge in [0.05, 0.1) is 11.3 Å². The Balaban J connectivity index is 2.13. The van der Waals surface area contributed by atoms with Gasteiger partial charge in [0.1, 0.15) is 29.1 Å². The highest BCUT2D eigenvalue weighted by Gasteiger charge is 2.30. The molecule has 2 heterocycles. The number of halogens is 3. The number of alkyl halides is 3. The van der Waals surface area contributed by atoms with Gasteiger partial charge in [0.25, 0.3) is 5.56 Å². The highest BCUT2D eigenvalue weighted by Crippen LogP contribution is 2.33. The molecule has 0 saturated carbocycles. The third-order valence-electron chi connectivity index (χ3n) is 4.02. The van der Waals surface area contributed by atoms with Crippen molar-refractivity contribution in [1.82, 2.24) is 9.97 Å². The number of H-pyrrole nitrogens is 1. The fourth-order valence-corrected chi connectivity index (χ4v) is 2.70. The zero-order chi connectivity index (χ0) is 20.5. The van der Waals surface area contributed by atoms with E-state index >= 15 is 0 Å². The second kappa shape index (κ2) is 6.89. The van der Waals surface area contributed by atoms with Gasteiger partial charge in [-0.2, -0.15) is 23.7 Å². The summed E-state index contributed by atoms with van der Waals surface area (Å²) in [5.41, 5.74) is 4.66. The third kappa shape index (κ3) is 3.29. The molecule has 3 aromatic rings. The number of aromatic amines is 1. The molecule has 9 heteroatoms. The highest BCUT2D eigenvalue weighted by molar-refractivity contribution is 5.81. The Bertz CT molecular complexity index is 1200. The van der Waals surface area contributed by atoms with E-state index in [4.69, 9.17) is 5.73 Å². The molecule has 0 spiro atoms. The minimum atomic E-state index is -4.50. The Hall–Kier alpha value is -4.11. The second-order valence-electron chi connectivity index (χ2n) is 5.72. The zero-order valence-electron chi connectivity index (χ0n) is 14.0. The van der Waals surface area contributed by atoms with E-state index in [1.807, 2.05) is 6.07 Å². The predicted octanol–water partition coefficient (Wildman–Crippen LogP) is 3.45. The van der Waals surface area contributed by atoms with E-state index in [1.54, 1.807) is 6.07 Å². The Labute approximate surface area is 156 Å². The number of nitrogen functional groups attached to an aromatic ring is 1. The second-order valence-corrected chi connectivity index (χ2v) is 5.72. The summed E-state index contributed by atoms with van der Waals surface area (Å²) in [6.45, 7) is 0. The minimum Gasteiger partial charge on any atom is -0.384 e. The maximum absolute atomic E-state index is 12.9. The Morgan fingerprint density at radius 1 is 1.00 bits per heavy atom. The Morgan fingerprint density at radius 3 is 2.18 bits per heavy atom. The maximum Gasteiger partial charge on any atom is 0.416 e. The first kappa shape index (κ1) is 18.7. The number of nitrogens with zero attached hydrogens (tertiary/aromatic N) is 3. The summed E-state index contributed by atoms with van der Waals surface area (Å²) >= 11 is 0. The van der Waals surface area contributed by atoms with Crippen LogP contribution < -0.4 is 11.3 Å². The van der Waals surface area contributed by atoms with Crippen LogP contribution in [-0.4, -0.2) is 9.97 Å². The summed E-state index contributed by atoms with van der Waals surface area (Å²) in [4.78, 5) is 18.1. The van der Waals surface area contributed by atoms with Crippen LogP contribution in [0.5, 0.6) is 0 Å². The third-order valence-corrected chi connectivity index (χ3v) is 4.02. The monoisotopic (exact) mass is 381 g/mol. The molecule has 0 radical (unpaired) electrons. The van der Waals surface area contributed by atoms with Crippen molar-refractivity contribution in [2.24, 2.45) is 0 Å². The van der Waals surface area contributed by atoms with Gasteiger partial charge in [0, 0.05) is 17.3 Å². The van der Waals surface area contributed by atoms with Crippen LogP contribution in [0.3, 0.4) is 0 Å². The lowest BCUT2D eigenvalue weighted by atomic mass is 9.95. The van der Waals surface area contributed by atoms with E-state index in [0.717, 1.165) is 18.3 Å². The number of rotatable bonds is 2. The summed E-state index contributed by atoms with van der Waals surface area (Å²) in [7, 11) is 0. The number of nitrogens with one attached hydrogen (secondary N) is 1. The molecule has 0 aliphatic heterocycles. The molecule has 0 fully saturated rings. The molecule has 0 bridgehead atoms. The Kier molecular flexibility index (Phi) is 4.60. The van der Waals surface area contributed by atoms with Crippen LogP contribution >= 0.6 is 0 Å². The number of benzene rings is 1. The van der Waals surface area contributed by atoms with Gasteiger partial charge in [-0.1, -0.05) is 24.3 Å². The van der Waals surface area contributed by atoms with Crippen molar-refractivity contribution in [3.63, 3.8) is 0 Å². The first-order chi connectivity index (χ1) is 13.3. The average Bonchev–Trinajstić information content (AvgIpc) is 2.67. The van der Waals surface area contributed by atoms with Crippen molar-refractivity contribution in [3.8, 4) is 34.5 Å². The fourth-order valence-electron chi connectivity index (χ4n) is 2.70. The van der Waals surface area contributed by atoms with E-state index in [1.165, 1.54) is 24.3 Å². The van der Waals surface area contributed by atoms with Crippen LogP contribution in [0, 0.1) is 22.7 Å². The molecule has 28 heavy (non-hydrogen) atoms. The van der Waals surface area contributed by atoms with Crippen molar-refractivity contribution < 1.29 is 13.2 Å². The van der Waals surface area contributed by atoms with Crippen molar-refractivity contribution in [2.75, 3.05) is 5.73 Å². The molecular formula is C19H10F3N5O. The number of aromatic nitrogens is 2. The number of nitriles is 2. The van der Waals surface area contributed by atoms with Crippen LogP contribution in [0.2, 0.25) is 0 Å². The molecule has 3 rings (SSSR count). The first-order valence-electron chi connectivity index (χ1n) is 7.76. The normalized spacial score (nSPS) is 10.9. The number of anilines is 1. The summed E-state index contributed by atoms with van der Waals surface area (Å²) in [6.07, 6.45) is -3.44. The molecule has 0 saturated heterocycles. The van der Waals surface area contributed by atoms with Crippen molar-refractivity contribution in [2.45, 2.75) is 6.18 Å². The first-order valence-corrected chi connectivity index (χ1v) is 7.76. The van der Waals surface area contributed by atoms with Crippen molar-refractivity contribution in [1.29, 1.82) is 10.5 Å². The lowest BCUT2D eigenvalue weighted by Crippen LogP contribution is -2.16. The molecular weight excluding hydrogens is 371 g/mol. The van der Waals surface area contributed by atoms with Gasteiger partial charge in [-0.25, -0.2) is 0 Å². The maximum atomic E-state index is 12.9. The molecule has 2 aromatic heterocycles. The molecule has 0 atom stereocenters. The van der Waals surface area contributed by atoms with Gasteiger partial charge in [-0.3, -0.25) is 9.78 Å². The number of pyridine rings is 2. The van der Waals surface area contributed by atoms with Gasteiger partial charge in [0.15, 0.2) is 0 Å². The van der Waals surface area contributed by atoms with Crippen LogP contribution in [0.15, 0.2) is 47.4 Å².